The van der Waals surface area contributed by atoms with Gasteiger partial charge in [-0.2, -0.15) is 0 Å². The molecule has 0 unspecified atom stereocenters. The Morgan fingerprint density at radius 3 is 2.41 bits per heavy atom. The van der Waals surface area contributed by atoms with Crippen molar-refractivity contribution in [3.05, 3.63) is 66.2 Å². The Kier molecular flexibility index (Phi) is 5.63. The van der Waals surface area contributed by atoms with Crippen molar-refractivity contribution in [3.8, 4) is 10.6 Å². The standard InChI is InChI=1S/C18H16N4O3S2/c1-27(24,25)22-15-10-7-13(8-11-15)9-12-16(23)19-18-21-20-17(26-18)14-5-3-2-4-6-14/h2-12,22H,1H3,(H,19,21,23)/b12-9+. The van der Waals surface area contributed by atoms with Gasteiger partial charge in [0.25, 0.3) is 0 Å². The van der Waals surface area contributed by atoms with Crippen LogP contribution in [0, 0.1) is 0 Å². The molecule has 3 rings (SSSR count). The summed E-state index contributed by atoms with van der Waals surface area (Å²) >= 11 is 1.29. The maximum absolute atomic E-state index is 12.0. The van der Waals surface area contributed by atoms with Crippen LogP contribution in [0.5, 0.6) is 0 Å². The second-order valence-electron chi connectivity index (χ2n) is 5.60. The second-order valence-corrected chi connectivity index (χ2v) is 8.32. The lowest BCUT2D eigenvalue weighted by atomic mass is 10.2. The number of rotatable bonds is 6. The van der Waals surface area contributed by atoms with Gasteiger partial charge >= 0.3 is 0 Å². The molecule has 1 amide bonds. The number of hydrogen-bond donors (Lipinski definition) is 2. The fourth-order valence-corrected chi connectivity index (χ4v) is 3.48. The number of benzene rings is 2. The van der Waals surface area contributed by atoms with Crippen LogP contribution in [-0.4, -0.2) is 30.8 Å². The van der Waals surface area contributed by atoms with E-state index in [1.54, 1.807) is 30.3 Å². The Labute approximate surface area is 160 Å². The topological polar surface area (TPSA) is 101 Å². The molecule has 0 atom stereocenters. The highest BCUT2D eigenvalue weighted by Crippen LogP contribution is 2.25. The number of amides is 1. The second kappa shape index (κ2) is 8.11. The van der Waals surface area contributed by atoms with E-state index in [0.717, 1.165) is 22.4 Å². The lowest BCUT2D eigenvalue weighted by Crippen LogP contribution is -2.09. The Morgan fingerprint density at radius 1 is 1.04 bits per heavy atom. The number of carbonyl (C=O) groups is 1. The van der Waals surface area contributed by atoms with Crippen LogP contribution >= 0.6 is 11.3 Å². The first kappa shape index (κ1) is 18.7. The van der Waals surface area contributed by atoms with E-state index in [2.05, 4.69) is 20.2 Å². The summed E-state index contributed by atoms with van der Waals surface area (Å²) < 4.78 is 24.7. The summed E-state index contributed by atoms with van der Waals surface area (Å²) in [6.45, 7) is 0. The summed E-state index contributed by atoms with van der Waals surface area (Å²) in [5, 5.41) is 11.9. The van der Waals surface area contributed by atoms with Crippen LogP contribution in [0.25, 0.3) is 16.6 Å². The number of sulfonamides is 1. The summed E-state index contributed by atoms with van der Waals surface area (Å²) in [4.78, 5) is 12.0. The average Bonchev–Trinajstić information content (AvgIpc) is 3.09. The summed E-state index contributed by atoms with van der Waals surface area (Å²) in [6, 6.07) is 16.2. The normalized spacial score (nSPS) is 11.4. The molecule has 0 saturated carbocycles. The molecule has 0 aliphatic rings. The summed E-state index contributed by atoms with van der Waals surface area (Å²) in [6.07, 6.45) is 4.09. The van der Waals surface area contributed by atoms with Gasteiger partial charge in [-0.15, -0.1) is 10.2 Å². The van der Waals surface area contributed by atoms with Crippen molar-refractivity contribution in [2.45, 2.75) is 0 Å². The molecule has 1 heterocycles. The van der Waals surface area contributed by atoms with Crippen molar-refractivity contribution in [3.63, 3.8) is 0 Å². The molecule has 0 aliphatic carbocycles. The lowest BCUT2D eigenvalue weighted by Gasteiger charge is -2.03. The molecule has 0 fully saturated rings. The van der Waals surface area contributed by atoms with Gasteiger partial charge in [-0.05, 0) is 23.8 Å². The number of hydrogen-bond acceptors (Lipinski definition) is 6. The smallest absolute Gasteiger partial charge is 0.250 e. The molecule has 138 valence electrons. The van der Waals surface area contributed by atoms with E-state index in [0.29, 0.717) is 10.8 Å². The van der Waals surface area contributed by atoms with E-state index in [9.17, 15) is 13.2 Å². The van der Waals surface area contributed by atoms with Crippen LogP contribution in [0.3, 0.4) is 0 Å². The first-order chi connectivity index (χ1) is 12.9. The first-order valence-corrected chi connectivity index (χ1v) is 10.6. The molecule has 27 heavy (non-hydrogen) atoms. The number of nitrogens with one attached hydrogen (secondary N) is 2. The summed E-state index contributed by atoms with van der Waals surface area (Å²) in [5.41, 5.74) is 2.15. The van der Waals surface area contributed by atoms with Crippen molar-refractivity contribution in [2.24, 2.45) is 0 Å². The third-order valence-electron chi connectivity index (χ3n) is 3.32. The molecule has 9 heteroatoms. The van der Waals surface area contributed by atoms with Crippen LogP contribution in [0.4, 0.5) is 10.8 Å². The monoisotopic (exact) mass is 400 g/mol. The number of anilines is 2. The zero-order valence-electron chi connectivity index (χ0n) is 14.3. The summed E-state index contributed by atoms with van der Waals surface area (Å²) in [7, 11) is -3.31. The van der Waals surface area contributed by atoms with Gasteiger partial charge in [0.15, 0.2) is 0 Å². The average molecular weight is 400 g/mol. The van der Waals surface area contributed by atoms with Gasteiger partial charge in [-0.25, -0.2) is 8.42 Å². The Hall–Kier alpha value is -3.04. The van der Waals surface area contributed by atoms with Gasteiger partial charge in [-0.3, -0.25) is 14.8 Å². The minimum atomic E-state index is -3.31. The minimum Gasteiger partial charge on any atom is -0.297 e. The van der Waals surface area contributed by atoms with Crippen molar-refractivity contribution in [1.82, 2.24) is 10.2 Å². The van der Waals surface area contributed by atoms with Gasteiger partial charge in [0.05, 0.1) is 6.26 Å². The fourth-order valence-electron chi connectivity index (χ4n) is 2.17. The minimum absolute atomic E-state index is 0.330. The van der Waals surface area contributed by atoms with E-state index in [1.807, 2.05) is 30.3 Å². The predicted octanol–water partition coefficient (Wildman–Crippen LogP) is 3.23. The van der Waals surface area contributed by atoms with E-state index >= 15 is 0 Å². The first-order valence-electron chi connectivity index (χ1n) is 7.85. The van der Waals surface area contributed by atoms with Crippen LogP contribution in [0.2, 0.25) is 0 Å². The fraction of sp³-hybridized carbons (Fsp3) is 0.0556. The van der Waals surface area contributed by atoms with Crippen LogP contribution < -0.4 is 10.0 Å². The molecule has 0 radical (unpaired) electrons. The van der Waals surface area contributed by atoms with E-state index < -0.39 is 10.0 Å². The quantitative estimate of drug-likeness (QED) is 0.619. The van der Waals surface area contributed by atoms with E-state index in [1.165, 1.54) is 17.4 Å². The zero-order chi connectivity index (χ0) is 19.3. The maximum Gasteiger partial charge on any atom is 0.250 e. The molecule has 7 nitrogen and oxygen atoms in total. The Balaban J connectivity index is 1.60. The number of aromatic nitrogens is 2. The molecular weight excluding hydrogens is 384 g/mol. The van der Waals surface area contributed by atoms with Gasteiger partial charge < -0.3 is 0 Å². The van der Waals surface area contributed by atoms with Gasteiger partial charge in [0, 0.05) is 17.3 Å². The van der Waals surface area contributed by atoms with Crippen molar-refractivity contribution >= 4 is 44.2 Å². The molecule has 2 N–H and O–H groups in total. The van der Waals surface area contributed by atoms with E-state index in [-0.39, 0.29) is 5.91 Å². The molecule has 3 aromatic rings. The lowest BCUT2D eigenvalue weighted by molar-refractivity contribution is -0.111. The highest BCUT2D eigenvalue weighted by atomic mass is 32.2. The maximum atomic E-state index is 12.0. The summed E-state index contributed by atoms with van der Waals surface area (Å²) in [5.74, 6) is -0.330. The molecule has 0 aliphatic heterocycles. The molecule has 0 bridgehead atoms. The van der Waals surface area contributed by atoms with Crippen molar-refractivity contribution in [1.29, 1.82) is 0 Å². The van der Waals surface area contributed by atoms with Crippen molar-refractivity contribution < 1.29 is 13.2 Å². The Morgan fingerprint density at radius 2 is 1.74 bits per heavy atom. The number of nitrogens with zero attached hydrogens (tertiary/aromatic N) is 2. The SMILES string of the molecule is CS(=O)(=O)Nc1ccc(/C=C/C(=O)Nc2nnc(-c3ccccc3)s2)cc1. The highest BCUT2D eigenvalue weighted by molar-refractivity contribution is 7.92. The van der Waals surface area contributed by atoms with E-state index in [4.69, 9.17) is 0 Å². The molecule has 0 spiro atoms. The van der Waals surface area contributed by atoms with Gasteiger partial charge in [-0.1, -0.05) is 53.8 Å². The molecular formula is C18H16N4O3S2. The van der Waals surface area contributed by atoms with Gasteiger partial charge in [0.1, 0.15) is 5.01 Å². The van der Waals surface area contributed by atoms with Crippen LogP contribution in [0.15, 0.2) is 60.7 Å². The predicted molar refractivity (Wildman–Crippen MR) is 108 cm³/mol. The number of carbonyl (C=O) groups excluding carboxylic acids is 1. The third kappa shape index (κ3) is 5.73. The van der Waals surface area contributed by atoms with Crippen molar-refractivity contribution in [2.75, 3.05) is 16.3 Å². The zero-order valence-corrected chi connectivity index (χ0v) is 15.9. The largest absolute Gasteiger partial charge is 0.297 e. The van der Waals surface area contributed by atoms with Gasteiger partial charge in [0.2, 0.25) is 21.1 Å². The molecule has 0 saturated heterocycles. The highest BCUT2D eigenvalue weighted by Gasteiger charge is 2.08. The molecule has 1 aromatic heterocycles. The Bertz CT molecular complexity index is 1060. The van der Waals surface area contributed by atoms with Crippen LogP contribution in [0.1, 0.15) is 5.56 Å². The van der Waals surface area contributed by atoms with Crippen LogP contribution in [-0.2, 0) is 14.8 Å². The third-order valence-corrected chi connectivity index (χ3v) is 4.81. The molecule has 2 aromatic carbocycles.